The summed E-state index contributed by atoms with van der Waals surface area (Å²) in [5.41, 5.74) is 17.3. The Morgan fingerprint density at radius 1 is 0.464 bits per heavy atom. The lowest BCUT2D eigenvalue weighted by atomic mass is 9.70. The minimum Gasteiger partial charge on any atom is -0.310 e. The molecule has 0 N–H and O–H groups in total. The first-order valence-corrected chi connectivity index (χ1v) is 20.8. The van der Waals surface area contributed by atoms with Crippen LogP contribution in [-0.2, 0) is 5.41 Å². The summed E-state index contributed by atoms with van der Waals surface area (Å²) < 4.78 is 2.42. The van der Waals surface area contributed by atoms with Gasteiger partial charge in [-0.15, -0.1) is 11.8 Å². The maximum atomic E-state index is 2.49. The van der Waals surface area contributed by atoms with Crippen LogP contribution < -0.4 is 4.90 Å². The molecular weight excluding hydrogens is 697 g/mol. The van der Waals surface area contributed by atoms with Gasteiger partial charge in [-0.1, -0.05) is 129 Å². The first-order valence-electron chi connectivity index (χ1n) is 19.8. The molecule has 0 bridgehead atoms. The van der Waals surface area contributed by atoms with Crippen molar-refractivity contribution in [3.8, 4) is 27.9 Å². The molecule has 3 heteroatoms. The van der Waals surface area contributed by atoms with Gasteiger partial charge < -0.3 is 9.47 Å². The van der Waals surface area contributed by atoms with Crippen molar-refractivity contribution >= 4 is 50.6 Å². The standard InChI is InChI=1S/C53H40N2S/c1-2-3-32-56-40-28-31-52-46(35-40)45-33-38(27-30-51(45)55(52)37-18-8-5-9-19-37)54(36-16-6-4-7-17-36)39-26-29-44-43-22-12-15-25-49(43)53(50(44)34-39)47-23-13-10-20-41(47)42-21-11-14-24-48(42)53/h4-31,33-35H,2-3,32H2,1H3. The summed E-state index contributed by atoms with van der Waals surface area (Å²) in [6.45, 7) is 2.27. The van der Waals surface area contributed by atoms with Crippen molar-refractivity contribution in [2.24, 2.45) is 0 Å². The van der Waals surface area contributed by atoms with Gasteiger partial charge in [0.2, 0.25) is 0 Å². The monoisotopic (exact) mass is 736 g/mol. The van der Waals surface area contributed by atoms with Crippen LogP contribution in [-0.4, -0.2) is 10.3 Å². The van der Waals surface area contributed by atoms with Gasteiger partial charge in [-0.3, -0.25) is 0 Å². The largest absolute Gasteiger partial charge is 0.310 e. The van der Waals surface area contributed by atoms with E-state index in [1.165, 1.54) is 89.7 Å². The molecule has 2 aliphatic rings. The average Bonchev–Trinajstić information content (AvgIpc) is 3.86. The van der Waals surface area contributed by atoms with E-state index >= 15 is 0 Å². The van der Waals surface area contributed by atoms with Crippen LogP contribution in [0.1, 0.15) is 42.0 Å². The Bertz CT molecular complexity index is 2880. The molecule has 56 heavy (non-hydrogen) atoms. The average molecular weight is 737 g/mol. The third kappa shape index (κ3) is 4.84. The quantitative estimate of drug-likeness (QED) is 0.113. The third-order valence-electron chi connectivity index (χ3n) is 12.0. The van der Waals surface area contributed by atoms with Gasteiger partial charge in [0.05, 0.1) is 16.4 Å². The zero-order valence-corrected chi connectivity index (χ0v) is 32.1. The van der Waals surface area contributed by atoms with E-state index in [1.54, 1.807) is 0 Å². The van der Waals surface area contributed by atoms with E-state index in [2.05, 4.69) is 204 Å². The number of aromatic nitrogens is 1. The van der Waals surface area contributed by atoms with Crippen LogP contribution >= 0.6 is 11.8 Å². The van der Waals surface area contributed by atoms with E-state index in [0.717, 1.165) is 22.8 Å². The summed E-state index contributed by atoms with van der Waals surface area (Å²) >= 11 is 1.96. The van der Waals surface area contributed by atoms with E-state index in [1.807, 2.05) is 11.8 Å². The van der Waals surface area contributed by atoms with Gasteiger partial charge in [0.15, 0.2) is 0 Å². The number of fused-ring (bicyclic) bond motifs is 13. The molecule has 0 saturated carbocycles. The Hall–Kier alpha value is -6.29. The maximum absolute atomic E-state index is 2.49. The lowest BCUT2D eigenvalue weighted by Crippen LogP contribution is -2.26. The highest BCUT2D eigenvalue weighted by Gasteiger charge is 2.51. The number of benzene rings is 8. The number of unbranched alkanes of at least 4 members (excludes halogenated alkanes) is 1. The zero-order valence-electron chi connectivity index (χ0n) is 31.3. The summed E-state index contributed by atoms with van der Waals surface area (Å²) in [5, 5.41) is 2.53. The van der Waals surface area contributed by atoms with Gasteiger partial charge >= 0.3 is 0 Å². The van der Waals surface area contributed by atoms with E-state index < -0.39 is 5.41 Å². The number of para-hydroxylation sites is 2. The highest BCUT2D eigenvalue weighted by Crippen LogP contribution is 2.63. The van der Waals surface area contributed by atoms with Crippen molar-refractivity contribution in [1.82, 2.24) is 4.57 Å². The van der Waals surface area contributed by atoms with Gasteiger partial charge in [0.1, 0.15) is 0 Å². The van der Waals surface area contributed by atoms with Crippen LogP contribution in [0, 0.1) is 0 Å². The van der Waals surface area contributed by atoms with Crippen molar-refractivity contribution in [3.63, 3.8) is 0 Å². The fourth-order valence-corrected chi connectivity index (χ4v) is 10.7. The van der Waals surface area contributed by atoms with Crippen LogP contribution in [0.2, 0.25) is 0 Å². The van der Waals surface area contributed by atoms with Crippen molar-refractivity contribution < 1.29 is 0 Å². The molecular formula is C53H40N2S. The number of hydrogen-bond acceptors (Lipinski definition) is 2. The van der Waals surface area contributed by atoms with E-state index in [-0.39, 0.29) is 0 Å². The SMILES string of the molecule is CCCCSc1ccc2c(c1)c1cc(N(c3ccccc3)c3ccc4c(c3)C3(c5ccccc5-c5ccccc53)c3ccccc3-4)ccc1n2-c1ccccc1. The number of thioether (sulfide) groups is 1. The Balaban J connectivity index is 1.15. The summed E-state index contributed by atoms with van der Waals surface area (Å²) in [6, 6.07) is 70.1. The van der Waals surface area contributed by atoms with Crippen LogP contribution in [0.5, 0.6) is 0 Å². The second-order valence-corrected chi connectivity index (χ2v) is 16.2. The molecule has 1 aromatic heterocycles. The number of anilines is 3. The fraction of sp³-hybridized carbons (Fsp3) is 0.0943. The predicted octanol–water partition coefficient (Wildman–Crippen LogP) is 14.5. The molecule has 0 aliphatic heterocycles. The number of rotatable bonds is 8. The molecule has 1 heterocycles. The van der Waals surface area contributed by atoms with Crippen LogP contribution in [0.25, 0.3) is 49.7 Å². The predicted molar refractivity (Wildman–Crippen MR) is 237 cm³/mol. The van der Waals surface area contributed by atoms with Crippen molar-refractivity contribution in [2.45, 2.75) is 30.1 Å². The van der Waals surface area contributed by atoms with Crippen molar-refractivity contribution in [3.05, 3.63) is 210 Å². The number of nitrogens with zero attached hydrogens (tertiary/aromatic N) is 2. The molecule has 9 aromatic rings. The second-order valence-electron chi connectivity index (χ2n) is 15.0. The Morgan fingerprint density at radius 2 is 0.982 bits per heavy atom. The molecule has 0 radical (unpaired) electrons. The Morgan fingerprint density at radius 3 is 1.62 bits per heavy atom. The van der Waals surface area contributed by atoms with Crippen LogP contribution in [0.4, 0.5) is 17.1 Å². The summed E-state index contributed by atoms with van der Waals surface area (Å²) in [7, 11) is 0. The first kappa shape index (κ1) is 33.1. The molecule has 0 amide bonds. The first-order chi connectivity index (χ1) is 27.8. The number of hydrogen-bond donors (Lipinski definition) is 0. The minimum atomic E-state index is -0.406. The lowest BCUT2D eigenvalue weighted by Gasteiger charge is -2.32. The zero-order chi connectivity index (χ0) is 37.2. The molecule has 8 aromatic carbocycles. The molecule has 268 valence electrons. The van der Waals surface area contributed by atoms with E-state index in [4.69, 9.17) is 0 Å². The van der Waals surface area contributed by atoms with Gasteiger partial charge in [0.25, 0.3) is 0 Å². The summed E-state index contributed by atoms with van der Waals surface area (Å²) in [5.74, 6) is 1.13. The van der Waals surface area contributed by atoms with Crippen LogP contribution in [0.15, 0.2) is 193 Å². The Labute approximate surface area is 332 Å². The third-order valence-corrected chi connectivity index (χ3v) is 13.1. The molecule has 2 aliphatic carbocycles. The highest BCUT2D eigenvalue weighted by atomic mass is 32.2. The molecule has 0 fully saturated rings. The summed E-state index contributed by atoms with van der Waals surface area (Å²) in [6.07, 6.45) is 2.42. The van der Waals surface area contributed by atoms with Crippen molar-refractivity contribution in [1.29, 1.82) is 0 Å². The van der Waals surface area contributed by atoms with Crippen LogP contribution in [0.3, 0.4) is 0 Å². The molecule has 11 rings (SSSR count). The molecule has 1 spiro atoms. The highest BCUT2D eigenvalue weighted by molar-refractivity contribution is 7.99. The minimum absolute atomic E-state index is 0.406. The normalized spacial score (nSPS) is 13.2. The van der Waals surface area contributed by atoms with E-state index in [9.17, 15) is 0 Å². The maximum Gasteiger partial charge on any atom is 0.0726 e. The Kier molecular flexibility index (Phi) is 7.79. The molecule has 0 unspecified atom stereocenters. The van der Waals surface area contributed by atoms with E-state index in [0.29, 0.717) is 0 Å². The summed E-state index contributed by atoms with van der Waals surface area (Å²) in [4.78, 5) is 3.78. The molecule has 2 nitrogen and oxygen atoms in total. The van der Waals surface area contributed by atoms with Gasteiger partial charge in [-0.25, -0.2) is 0 Å². The van der Waals surface area contributed by atoms with Gasteiger partial charge in [-0.05, 0) is 129 Å². The fourth-order valence-electron chi connectivity index (χ4n) is 9.66. The van der Waals surface area contributed by atoms with Gasteiger partial charge in [0, 0.05) is 38.4 Å². The lowest BCUT2D eigenvalue weighted by molar-refractivity contribution is 0.793. The van der Waals surface area contributed by atoms with Gasteiger partial charge in [-0.2, -0.15) is 0 Å². The smallest absolute Gasteiger partial charge is 0.0726 e. The topological polar surface area (TPSA) is 8.17 Å². The molecule has 0 saturated heterocycles. The second kappa shape index (κ2) is 13.2. The van der Waals surface area contributed by atoms with Crippen molar-refractivity contribution in [2.75, 3.05) is 10.7 Å². The molecule has 0 atom stereocenters.